The van der Waals surface area contributed by atoms with Gasteiger partial charge in [-0.3, -0.25) is 14.4 Å². The van der Waals surface area contributed by atoms with Gasteiger partial charge in [-0.2, -0.15) is 4.98 Å². The highest BCUT2D eigenvalue weighted by molar-refractivity contribution is 6.36. The third-order valence-electron chi connectivity index (χ3n) is 5.84. The number of benzene rings is 2. The molecule has 0 saturated heterocycles. The summed E-state index contributed by atoms with van der Waals surface area (Å²) in [5.74, 6) is -0.0883. The lowest BCUT2D eigenvalue weighted by molar-refractivity contribution is 0.620. The van der Waals surface area contributed by atoms with Crippen LogP contribution in [0.15, 0.2) is 58.4 Å². The maximum Gasteiger partial charge on any atom is 0.260 e. The molecule has 0 fully saturated rings. The molecular formula is C25H21Cl2FN6O. The molecule has 10 heteroatoms. The number of aliphatic imine (C=N–C) groups is 1. The van der Waals surface area contributed by atoms with Crippen LogP contribution in [0.4, 0.5) is 21.7 Å². The Labute approximate surface area is 210 Å². The molecular weight excluding hydrogens is 490 g/mol. The first-order chi connectivity index (χ1) is 16.9. The van der Waals surface area contributed by atoms with Crippen LogP contribution in [-0.4, -0.2) is 40.4 Å². The number of hydrogen-bond donors (Lipinski definition) is 1. The van der Waals surface area contributed by atoms with Crippen molar-refractivity contribution in [2.75, 3.05) is 29.9 Å². The van der Waals surface area contributed by atoms with Crippen LogP contribution in [0.1, 0.15) is 6.92 Å². The molecule has 3 heterocycles. The summed E-state index contributed by atoms with van der Waals surface area (Å²) >= 11 is 12.4. The number of rotatable bonds is 5. The van der Waals surface area contributed by atoms with E-state index in [1.807, 2.05) is 11.8 Å². The van der Waals surface area contributed by atoms with Crippen molar-refractivity contribution in [2.24, 2.45) is 4.99 Å². The Morgan fingerprint density at radius 3 is 2.69 bits per heavy atom. The Morgan fingerprint density at radius 2 is 1.97 bits per heavy atom. The van der Waals surface area contributed by atoms with Crippen molar-refractivity contribution in [2.45, 2.75) is 13.5 Å². The van der Waals surface area contributed by atoms with E-state index in [9.17, 15) is 9.18 Å². The number of nitrogens with zero attached hydrogens (tertiary/aromatic N) is 5. The summed E-state index contributed by atoms with van der Waals surface area (Å²) < 4.78 is 16.4. The van der Waals surface area contributed by atoms with Crippen molar-refractivity contribution in [3.8, 4) is 11.1 Å². The van der Waals surface area contributed by atoms with E-state index in [4.69, 9.17) is 23.2 Å². The van der Waals surface area contributed by atoms with Crippen molar-refractivity contribution in [3.05, 3.63) is 74.9 Å². The summed E-state index contributed by atoms with van der Waals surface area (Å²) in [6.07, 6.45) is 3.42. The Hall–Kier alpha value is -3.49. The molecule has 5 rings (SSSR count). The highest BCUT2D eigenvalue weighted by Gasteiger charge is 2.16. The summed E-state index contributed by atoms with van der Waals surface area (Å²) in [5.41, 5.74) is 2.29. The third kappa shape index (κ3) is 4.59. The van der Waals surface area contributed by atoms with E-state index in [0.717, 1.165) is 0 Å². The molecule has 2 aromatic carbocycles. The van der Waals surface area contributed by atoms with E-state index in [1.165, 1.54) is 6.07 Å². The zero-order valence-corrected chi connectivity index (χ0v) is 20.3. The van der Waals surface area contributed by atoms with Gasteiger partial charge < -0.3 is 10.2 Å². The number of nitrogens with one attached hydrogen (secondary N) is 1. The molecule has 0 aliphatic carbocycles. The van der Waals surface area contributed by atoms with E-state index in [1.54, 1.807) is 53.4 Å². The summed E-state index contributed by atoms with van der Waals surface area (Å²) in [5, 5.41) is 4.59. The molecule has 0 saturated carbocycles. The molecule has 35 heavy (non-hydrogen) atoms. The lowest BCUT2D eigenvalue weighted by atomic mass is 10.1. The molecule has 0 spiro atoms. The highest BCUT2D eigenvalue weighted by Crippen LogP contribution is 2.30. The largest absolute Gasteiger partial charge is 0.362 e. The molecule has 4 aromatic rings. The van der Waals surface area contributed by atoms with Crippen molar-refractivity contribution >= 4 is 57.8 Å². The van der Waals surface area contributed by atoms with E-state index in [2.05, 4.69) is 20.3 Å². The molecule has 0 radical (unpaired) electrons. The Kier molecular flexibility index (Phi) is 6.40. The van der Waals surface area contributed by atoms with Gasteiger partial charge in [0.05, 0.1) is 23.8 Å². The number of halogens is 3. The molecule has 7 nitrogen and oxygen atoms in total. The fraction of sp³-hybridized carbons (Fsp3) is 0.200. The van der Waals surface area contributed by atoms with E-state index < -0.39 is 0 Å². The third-order valence-corrected chi connectivity index (χ3v) is 6.39. The molecule has 0 atom stereocenters. The Balaban J connectivity index is 1.49. The van der Waals surface area contributed by atoms with E-state index in [-0.39, 0.29) is 17.3 Å². The van der Waals surface area contributed by atoms with Gasteiger partial charge in [-0.1, -0.05) is 29.3 Å². The predicted molar refractivity (Wildman–Crippen MR) is 140 cm³/mol. The second-order valence-corrected chi connectivity index (χ2v) is 8.87. The van der Waals surface area contributed by atoms with Crippen molar-refractivity contribution in [3.63, 3.8) is 0 Å². The zero-order valence-electron chi connectivity index (χ0n) is 18.8. The summed E-state index contributed by atoms with van der Waals surface area (Å²) in [4.78, 5) is 28.3. The van der Waals surface area contributed by atoms with Crippen molar-refractivity contribution in [1.82, 2.24) is 14.5 Å². The summed E-state index contributed by atoms with van der Waals surface area (Å²) in [7, 11) is 0. The van der Waals surface area contributed by atoms with Gasteiger partial charge in [0.15, 0.2) is 0 Å². The molecule has 2 aromatic heterocycles. The molecule has 178 valence electrons. The summed E-state index contributed by atoms with van der Waals surface area (Å²) in [6.45, 7) is 4.16. The van der Waals surface area contributed by atoms with Gasteiger partial charge >= 0.3 is 0 Å². The van der Waals surface area contributed by atoms with Crippen LogP contribution in [0, 0.1) is 5.82 Å². The standard InChI is InChI=1S/C25H21Cl2FN6O/c1-2-34-23-15(11-19(24(34)35)18-5-3-16(26)12-20(18)27)14-30-25(32-23)31-17-4-6-22(21(28)13-17)33-9-7-29-8-10-33/h3-7,11-14H,2,8-10H2,1H3,(H,30,31,32). The molecule has 0 bridgehead atoms. The number of aromatic nitrogens is 3. The molecule has 0 amide bonds. The van der Waals surface area contributed by atoms with Crippen LogP contribution in [-0.2, 0) is 6.54 Å². The summed E-state index contributed by atoms with van der Waals surface area (Å²) in [6, 6.07) is 11.6. The lowest BCUT2D eigenvalue weighted by Gasteiger charge is -2.25. The first-order valence-electron chi connectivity index (χ1n) is 11.1. The zero-order chi connectivity index (χ0) is 24.5. The minimum Gasteiger partial charge on any atom is -0.362 e. The van der Waals surface area contributed by atoms with Crippen molar-refractivity contribution in [1.29, 1.82) is 0 Å². The molecule has 1 aliphatic rings. The first kappa shape index (κ1) is 23.3. The average Bonchev–Trinajstić information content (AvgIpc) is 2.85. The highest BCUT2D eigenvalue weighted by atomic mass is 35.5. The number of hydrogen-bond acceptors (Lipinski definition) is 6. The minimum atomic E-state index is -0.346. The second-order valence-electron chi connectivity index (χ2n) is 8.03. The quantitative estimate of drug-likeness (QED) is 0.380. The normalized spacial score (nSPS) is 13.4. The van der Waals surface area contributed by atoms with Crippen LogP contribution in [0.2, 0.25) is 10.0 Å². The molecule has 1 N–H and O–H groups in total. The molecule has 1 aliphatic heterocycles. The Morgan fingerprint density at radius 1 is 1.11 bits per heavy atom. The van der Waals surface area contributed by atoms with Gasteiger partial charge in [0.1, 0.15) is 11.5 Å². The van der Waals surface area contributed by atoms with Gasteiger partial charge in [-0.25, -0.2) is 9.37 Å². The number of anilines is 3. The lowest BCUT2D eigenvalue weighted by Crippen LogP contribution is -2.32. The monoisotopic (exact) mass is 510 g/mol. The van der Waals surface area contributed by atoms with E-state index in [0.29, 0.717) is 69.8 Å². The second kappa shape index (κ2) is 9.64. The van der Waals surface area contributed by atoms with Crippen LogP contribution in [0.3, 0.4) is 0 Å². The van der Waals surface area contributed by atoms with Crippen LogP contribution < -0.4 is 15.8 Å². The van der Waals surface area contributed by atoms with Gasteiger partial charge in [0, 0.05) is 52.7 Å². The smallest absolute Gasteiger partial charge is 0.260 e. The van der Waals surface area contributed by atoms with Crippen LogP contribution >= 0.6 is 23.2 Å². The fourth-order valence-corrected chi connectivity index (χ4v) is 4.63. The van der Waals surface area contributed by atoms with Crippen molar-refractivity contribution < 1.29 is 4.39 Å². The first-order valence-corrected chi connectivity index (χ1v) is 11.9. The predicted octanol–water partition coefficient (Wildman–Crippen LogP) is 5.56. The molecule has 0 unspecified atom stereocenters. The van der Waals surface area contributed by atoms with Crippen LogP contribution in [0.25, 0.3) is 22.2 Å². The van der Waals surface area contributed by atoms with Gasteiger partial charge in [-0.15, -0.1) is 0 Å². The number of aryl methyl sites for hydroxylation is 1. The van der Waals surface area contributed by atoms with Gasteiger partial charge in [-0.05, 0) is 43.3 Å². The number of fused-ring (bicyclic) bond motifs is 1. The van der Waals surface area contributed by atoms with E-state index >= 15 is 0 Å². The topological polar surface area (TPSA) is 75.4 Å². The number of pyridine rings is 1. The Bertz CT molecular complexity index is 1520. The van der Waals surface area contributed by atoms with Gasteiger partial charge in [0.25, 0.3) is 5.56 Å². The SMILES string of the molecule is CCn1c(=O)c(-c2ccc(Cl)cc2Cl)cc2cnc(Nc3ccc(N4CC=NCC4)c(F)c3)nc21. The maximum absolute atomic E-state index is 14.8. The maximum atomic E-state index is 14.8. The van der Waals surface area contributed by atoms with Crippen LogP contribution in [0.5, 0.6) is 0 Å². The van der Waals surface area contributed by atoms with Gasteiger partial charge in [0.2, 0.25) is 5.95 Å². The minimum absolute atomic E-state index is 0.227. The average molecular weight is 511 g/mol. The fourth-order valence-electron chi connectivity index (χ4n) is 4.12.